The molecule has 2 N–H and O–H groups in total. The Bertz CT molecular complexity index is 508. The molecule has 17 heavy (non-hydrogen) atoms. The molecule has 0 aliphatic rings. The molecule has 0 spiro atoms. The third-order valence-electron chi connectivity index (χ3n) is 2.44. The van der Waals surface area contributed by atoms with Crippen molar-refractivity contribution in [2.24, 2.45) is 0 Å². The Morgan fingerprint density at radius 3 is 2.88 bits per heavy atom. The Morgan fingerprint density at radius 1 is 1.35 bits per heavy atom. The number of benzene rings is 1. The normalized spacial score (nSPS) is 10.2. The highest BCUT2D eigenvalue weighted by molar-refractivity contribution is 6.31. The summed E-state index contributed by atoms with van der Waals surface area (Å²) in [5, 5.41) is 13.4. The molecule has 0 aliphatic heterocycles. The molecule has 2 rings (SSSR count). The molecule has 88 valence electrons. The molecule has 1 aromatic heterocycles. The number of nitrogens with one attached hydrogen (secondary N) is 1. The second-order valence-electron chi connectivity index (χ2n) is 3.84. The highest BCUT2D eigenvalue weighted by atomic mass is 35.5. The standard InChI is InChI=1S/C13H13ClN2O/c1-9-5-10(7-15-6-9)16-8-11-12(14)3-2-4-13(11)17/h2-7,16-17H,8H2,1H3. The van der Waals surface area contributed by atoms with Gasteiger partial charge in [0.2, 0.25) is 0 Å². The number of pyridine rings is 1. The van der Waals surface area contributed by atoms with Crippen molar-refractivity contribution < 1.29 is 5.11 Å². The van der Waals surface area contributed by atoms with Gasteiger partial charge in [0.15, 0.2) is 0 Å². The summed E-state index contributed by atoms with van der Waals surface area (Å²) in [6.07, 6.45) is 3.53. The van der Waals surface area contributed by atoms with Gasteiger partial charge in [-0.3, -0.25) is 4.98 Å². The van der Waals surface area contributed by atoms with Crippen LogP contribution in [-0.4, -0.2) is 10.1 Å². The van der Waals surface area contributed by atoms with E-state index >= 15 is 0 Å². The van der Waals surface area contributed by atoms with Gasteiger partial charge in [0.25, 0.3) is 0 Å². The Labute approximate surface area is 105 Å². The third kappa shape index (κ3) is 2.88. The number of phenols is 1. The van der Waals surface area contributed by atoms with Gasteiger partial charge < -0.3 is 10.4 Å². The lowest BCUT2D eigenvalue weighted by Crippen LogP contribution is -2.01. The summed E-state index contributed by atoms with van der Waals surface area (Å²) >= 11 is 6.01. The van der Waals surface area contributed by atoms with Gasteiger partial charge >= 0.3 is 0 Å². The Morgan fingerprint density at radius 2 is 2.18 bits per heavy atom. The fourth-order valence-electron chi connectivity index (χ4n) is 1.56. The summed E-state index contributed by atoms with van der Waals surface area (Å²) in [7, 11) is 0. The number of hydrogen-bond acceptors (Lipinski definition) is 3. The van der Waals surface area contributed by atoms with Gasteiger partial charge in [-0.2, -0.15) is 0 Å². The van der Waals surface area contributed by atoms with E-state index in [-0.39, 0.29) is 5.75 Å². The van der Waals surface area contributed by atoms with E-state index in [2.05, 4.69) is 10.3 Å². The van der Waals surface area contributed by atoms with Crippen LogP contribution in [0.1, 0.15) is 11.1 Å². The number of aryl methyl sites for hydroxylation is 1. The first kappa shape index (κ1) is 11.7. The molecule has 0 bridgehead atoms. The van der Waals surface area contributed by atoms with Crippen molar-refractivity contribution in [1.29, 1.82) is 0 Å². The lowest BCUT2D eigenvalue weighted by Gasteiger charge is -2.09. The zero-order chi connectivity index (χ0) is 12.3. The SMILES string of the molecule is Cc1cncc(NCc2c(O)cccc2Cl)c1. The smallest absolute Gasteiger partial charge is 0.122 e. The first-order valence-electron chi connectivity index (χ1n) is 5.28. The van der Waals surface area contributed by atoms with Crippen LogP contribution in [0.4, 0.5) is 5.69 Å². The number of halogens is 1. The highest BCUT2D eigenvalue weighted by Gasteiger charge is 2.05. The van der Waals surface area contributed by atoms with Gasteiger partial charge in [0.1, 0.15) is 5.75 Å². The molecule has 0 fully saturated rings. The van der Waals surface area contributed by atoms with Crippen LogP contribution in [0.2, 0.25) is 5.02 Å². The van der Waals surface area contributed by atoms with Crippen molar-refractivity contribution in [3.8, 4) is 5.75 Å². The lowest BCUT2D eigenvalue weighted by molar-refractivity contribution is 0.469. The monoisotopic (exact) mass is 248 g/mol. The average molecular weight is 249 g/mol. The van der Waals surface area contributed by atoms with Gasteiger partial charge in [-0.05, 0) is 30.7 Å². The molecular weight excluding hydrogens is 236 g/mol. The number of hydrogen-bond donors (Lipinski definition) is 2. The molecule has 1 aromatic carbocycles. The van der Waals surface area contributed by atoms with Crippen molar-refractivity contribution in [1.82, 2.24) is 4.98 Å². The largest absolute Gasteiger partial charge is 0.508 e. The zero-order valence-electron chi connectivity index (χ0n) is 9.44. The number of nitrogens with zero attached hydrogens (tertiary/aromatic N) is 1. The Hall–Kier alpha value is -1.74. The molecule has 4 heteroatoms. The molecule has 2 aromatic rings. The Kier molecular flexibility index (Phi) is 3.49. The minimum absolute atomic E-state index is 0.200. The summed E-state index contributed by atoms with van der Waals surface area (Å²) in [5.74, 6) is 0.200. The molecular formula is C13H13ClN2O. The van der Waals surface area contributed by atoms with Crippen LogP contribution in [0.3, 0.4) is 0 Å². The van der Waals surface area contributed by atoms with Crippen LogP contribution in [0.5, 0.6) is 5.75 Å². The van der Waals surface area contributed by atoms with Gasteiger partial charge in [-0.25, -0.2) is 0 Å². The van der Waals surface area contributed by atoms with E-state index in [1.165, 1.54) is 0 Å². The van der Waals surface area contributed by atoms with E-state index in [0.29, 0.717) is 17.1 Å². The lowest BCUT2D eigenvalue weighted by atomic mass is 10.2. The first-order chi connectivity index (χ1) is 8.16. The third-order valence-corrected chi connectivity index (χ3v) is 2.79. The number of aromatic nitrogens is 1. The van der Waals surface area contributed by atoms with Crippen LogP contribution in [0, 0.1) is 6.92 Å². The van der Waals surface area contributed by atoms with E-state index in [4.69, 9.17) is 11.6 Å². The zero-order valence-corrected chi connectivity index (χ0v) is 10.2. The minimum Gasteiger partial charge on any atom is -0.508 e. The molecule has 1 heterocycles. The second kappa shape index (κ2) is 5.06. The summed E-state index contributed by atoms with van der Waals surface area (Å²) in [6, 6.07) is 7.08. The van der Waals surface area contributed by atoms with E-state index in [1.807, 2.05) is 13.0 Å². The quantitative estimate of drug-likeness (QED) is 0.876. The predicted octanol–water partition coefficient (Wildman–Crippen LogP) is 3.36. The van der Waals surface area contributed by atoms with Crippen molar-refractivity contribution in [2.45, 2.75) is 13.5 Å². The fourth-order valence-corrected chi connectivity index (χ4v) is 1.80. The molecule has 0 atom stereocenters. The summed E-state index contributed by atoms with van der Waals surface area (Å²) in [6.45, 7) is 2.45. The van der Waals surface area contributed by atoms with E-state index in [0.717, 1.165) is 11.3 Å². The number of anilines is 1. The maximum atomic E-state index is 9.68. The summed E-state index contributed by atoms with van der Waals surface area (Å²) < 4.78 is 0. The molecule has 0 aliphatic carbocycles. The maximum absolute atomic E-state index is 9.68. The van der Waals surface area contributed by atoms with E-state index < -0.39 is 0 Å². The highest BCUT2D eigenvalue weighted by Crippen LogP contribution is 2.25. The van der Waals surface area contributed by atoms with Gasteiger partial charge in [-0.15, -0.1) is 0 Å². The predicted molar refractivity (Wildman–Crippen MR) is 69.4 cm³/mol. The van der Waals surface area contributed by atoms with Crippen molar-refractivity contribution in [2.75, 3.05) is 5.32 Å². The minimum atomic E-state index is 0.200. The number of aromatic hydroxyl groups is 1. The van der Waals surface area contributed by atoms with Crippen LogP contribution in [0.25, 0.3) is 0 Å². The van der Waals surface area contributed by atoms with Crippen LogP contribution in [0.15, 0.2) is 36.7 Å². The van der Waals surface area contributed by atoms with E-state index in [9.17, 15) is 5.11 Å². The summed E-state index contributed by atoms with van der Waals surface area (Å²) in [5.41, 5.74) is 2.68. The van der Waals surface area contributed by atoms with Crippen LogP contribution >= 0.6 is 11.6 Å². The van der Waals surface area contributed by atoms with Gasteiger partial charge in [-0.1, -0.05) is 17.7 Å². The van der Waals surface area contributed by atoms with Crippen molar-refractivity contribution >= 4 is 17.3 Å². The molecule has 3 nitrogen and oxygen atoms in total. The van der Waals surface area contributed by atoms with Gasteiger partial charge in [0, 0.05) is 29.5 Å². The van der Waals surface area contributed by atoms with Gasteiger partial charge in [0.05, 0.1) is 5.69 Å². The Balaban J connectivity index is 2.13. The molecule has 0 amide bonds. The number of rotatable bonds is 3. The fraction of sp³-hybridized carbons (Fsp3) is 0.154. The van der Waals surface area contributed by atoms with Crippen molar-refractivity contribution in [3.05, 3.63) is 52.8 Å². The average Bonchev–Trinajstić information content (AvgIpc) is 2.28. The molecule has 0 saturated heterocycles. The first-order valence-corrected chi connectivity index (χ1v) is 5.66. The molecule has 0 saturated carbocycles. The van der Waals surface area contributed by atoms with Crippen LogP contribution in [-0.2, 0) is 6.54 Å². The molecule has 0 radical (unpaired) electrons. The van der Waals surface area contributed by atoms with Crippen molar-refractivity contribution in [3.63, 3.8) is 0 Å². The van der Waals surface area contributed by atoms with E-state index in [1.54, 1.807) is 30.6 Å². The maximum Gasteiger partial charge on any atom is 0.122 e. The molecule has 0 unspecified atom stereocenters. The van der Waals surface area contributed by atoms with Crippen LogP contribution < -0.4 is 5.32 Å². The number of phenolic OH excluding ortho intramolecular Hbond substituents is 1. The second-order valence-corrected chi connectivity index (χ2v) is 4.25. The summed E-state index contributed by atoms with van der Waals surface area (Å²) in [4.78, 5) is 4.08. The topological polar surface area (TPSA) is 45.2 Å².